The molecular formula is C30H31N3O3. The Balaban J connectivity index is 1.32. The van der Waals surface area contributed by atoms with E-state index in [1.54, 1.807) is 13.2 Å². The number of aromatic nitrogens is 2. The Kier molecular flexibility index (Phi) is 5.76. The number of benzene rings is 2. The van der Waals surface area contributed by atoms with Crippen molar-refractivity contribution in [1.82, 2.24) is 14.0 Å². The summed E-state index contributed by atoms with van der Waals surface area (Å²) < 4.78 is 9.69. The molecule has 6 nitrogen and oxygen atoms in total. The molecule has 2 aliphatic heterocycles. The molecule has 0 amide bonds. The van der Waals surface area contributed by atoms with Crippen LogP contribution in [0.2, 0.25) is 0 Å². The van der Waals surface area contributed by atoms with Crippen LogP contribution < -0.4 is 10.3 Å². The van der Waals surface area contributed by atoms with Crippen molar-refractivity contribution in [3.05, 3.63) is 99.6 Å². The van der Waals surface area contributed by atoms with Crippen LogP contribution in [-0.2, 0) is 13.1 Å². The molecule has 2 bridgehead atoms. The second-order valence-electron chi connectivity index (χ2n) is 10.2. The van der Waals surface area contributed by atoms with Crippen LogP contribution in [0, 0.1) is 12.8 Å². The lowest BCUT2D eigenvalue weighted by Crippen LogP contribution is -2.48. The number of hydrogen-bond donors (Lipinski definition) is 0. The topological polar surface area (TPSA) is 56.5 Å². The number of carbonyl (C=O) groups is 1. The first-order chi connectivity index (χ1) is 17.5. The molecule has 6 rings (SSSR count). The summed E-state index contributed by atoms with van der Waals surface area (Å²) >= 11 is 0. The first-order valence-corrected chi connectivity index (χ1v) is 12.7. The zero-order valence-corrected chi connectivity index (χ0v) is 20.8. The van der Waals surface area contributed by atoms with Crippen LogP contribution in [0.3, 0.4) is 0 Å². The highest BCUT2D eigenvalue weighted by molar-refractivity contribution is 6.10. The van der Waals surface area contributed by atoms with Gasteiger partial charge in [-0.25, -0.2) is 0 Å². The minimum atomic E-state index is 0.0857. The second-order valence-corrected chi connectivity index (χ2v) is 10.2. The van der Waals surface area contributed by atoms with Gasteiger partial charge in [0.1, 0.15) is 5.75 Å². The third kappa shape index (κ3) is 3.95. The number of fused-ring (bicyclic) bond motifs is 5. The van der Waals surface area contributed by atoms with Gasteiger partial charge in [0.15, 0.2) is 5.78 Å². The van der Waals surface area contributed by atoms with E-state index in [9.17, 15) is 9.59 Å². The minimum Gasteiger partial charge on any atom is -0.497 e. The molecule has 0 unspecified atom stereocenters. The van der Waals surface area contributed by atoms with E-state index in [4.69, 9.17) is 4.74 Å². The van der Waals surface area contributed by atoms with Crippen LogP contribution in [0.5, 0.6) is 5.75 Å². The first kappa shape index (κ1) is 22.8. The van der Waals surface area contributed by atoms with Crippen molar-refractivity contribution in [2.45, 2.75) is 32.4 Å². The lowest BCUT2D eigenvalue weighted by molar-refractivity contribution is 0.0818. The summed E-state index contributed by atoms with van der Waals surface area (Å²) in [6.45, 7) is 5.53. The number of methoxy groups -OCH3 is 1. The number of nitrogens with zero attached hydrogens (tertiary/aromatic N) is 3. The normalized spacial score (nSPS) is 19.3. The number of Topliss-reactive ketones (excluding diaryl/α,β-unsaturated/α-hetero) is 1. The number of ketones is 1. The van der Waals surface area contributed by atoms with Crippen molar-refractivity contribution < 1.29 is 9.53 Å². The van der Waals surface area contributed by atoms with Crippen LogP contribution >= 0.6 is 0 Å². The van der Waals surface area contributed by atoms with E-state index < -0.39 is 0 Å². The average Bonchev–Trinajstić information content (AvgIpc) is 3.15. The fraction of sp³-hybridized carbons (Fsp3) is 0.333. The number of piperidine rings is 1. The molecule has 4 heterocycles. The summed E-state index contributed by atoms with van der Waals surface area (Å²) in [6.07, 6.45) is 1.08. The average molecular weight is 482 g/mol. The first-order valence-electron chi connectivity index (χ1n) is 12.7. The van der Waals surface area contributed by atoms with Crippen molar-refractivity contribution in [1.29, 1.82) is 0 Å². The molecule has 2 aromatic heterocycles. The summed E-state index contributed by atoms with van der Waals surface area (Å²) in [5.74, 6) is 1.58. The highest BCUT2D eigenvalue weighted by Crippen LogP contribution is 2.36. The summed E-state index contributed by atoms with van der Waals surface area (Å²) in [5.41, 5.74) is 5.21. The molecular weight excluding hydrogens is 450 g/mol. The van der Waals surface area contributed by atoms with Gasteiger partial charge in [-0.05, 0) is 49.1 Å². The molecule has 0 aliphatic carbocycles. The summed E-state index contributed by atoms with van der Waals surface area (Å²) in [7, 11) is 1.66. The van der Waals surface area contributed by atoms with Crippen molar-refractivity contribution in [2.24, 2.45) is 5.92 Å². The van der Waals surface area contributed by atoms with Crippen molar-refractivity contribution in [3.8, 4) is 5.75 Å². The highest BCUT2D eigenvalue weighted by Gasteiger charge is 2.35. The maximum Gasteiger partial charge on any atom is 0.250 e. The molecule has 0 N–H and O–H groups in total. The third-order valence-corrected chi connectivity index (χ3v) is 7.92. The van der Waals surface area contributed by atoms with E-state index in [1.165, 1.54) is 5.56 Å². The van der Waals surface area contributed by atoms with E-state index in [-0.39, 0.29) is 11.3 Å². The zero-order valence-electron chi connectivity index (χ0n) is 20.8. The van der Waals surface area contributed by atoms with Gasteiger partial charge in [0.25, 0.3) is 5.56 Å². The third-order valence-electron chi connectivity index (χ3n) is 7.92. The Bertz CT molecular complexity index is 1500. The van der Waals surface area contributed by atoms with Crippen molar-refractivity contribution in [2.75, 3.05) is 26.7 Å². The number of hydrogen-bond acceptors (Lipinski definition) is 4. The van der Waals surface area contributed by atoms with E-state index in [1.807, 2.05) is 41.0 Å². The monoisotopic (exact) mass is 481 g/mol. The Hall–Kier alpha value is -3.64. The summed E-state index contributed by atoms with van der Waals surface area (Å²) in [4.78, 5) is 28.5. The van der Waals surface area contributed by atoms with Gasteiger partial charge in [-0.15, -0.1) is 0 Å². The molecule has 0 saturated carbocycles. The molecule has 0 spiro atoms. The van der Waals surface area contributed by atoms with E-state index in [0.717, 1.165) is 59.7 Å². The number of pyridine rings is 1. The van der Waals surface area contributed by atoms with Gasteiger partial charge in [-0.2, -0.15) is 0 Å². The summed E-state index contributed by atoms with van der Waals surface area (Å²) in [5, 5.41) is 0.946. The van der Waals surface area contributed by atoms with Crippen LogP contribution in [0.25, 0.3) is 10.9 Å². The maximum absolute atomic E-state index is 13.9. The molecule has 1 fully saturated rings. The number of rotatable bonds is 6. The molecule has 1 saturated heterocycles. The van der Waals surface area contributed by atoms with Crippen LogP contribution in [0.4, 0.5) is 0 Å². The van der Waals surface area contributed by atoms with Gasteiger partial charge < -0.3 is 13.9 Å². The molecule has 2 aromatic carbocycles. The van der Waals surface area contributed by atoms with E-state index in [0.29, 0.717) is 24.9 Å². The summed E-state index contributed by atoms with van der Waals surface area (Å²) in [6, 6.07) is 21.9. The molecule has 4 aromatic rings. The Labute approximate surface area is 210 Å². The Morgan fingerprint density at radius 1 is 1.00 bits per heavy atom. The fourth-order valence-corrected chi connectivity index (χ4v) is 6.32. The number of ether oxygens (including phenoxy) is 1. The lowest BCUT2D eigenvalue weighted by Gasteiger charge is -2.42. The zero-order chi connectivity index (χ0) is 24.8. The predicted molar refractivity (Wildman–Crippen MR) is 141 cm³/mol. The Morgan fingerprint density at radius 2 is 1.83 bits per heavy atom. The maximum atomic E-state index is 13.9. The van der Waals surface area contributed by atoms with E-state index >= 15 is 0 Å². The molecule has 184 valence electrons. The quantitative estimate of drug-likeness (QED) is 0.382. The molecule has 0 radical (unpaired) electrons. The number of likely N-dealkylation sites (tertiary alicyclic amines) is 1. The highest BCUT2D eigenvalue weighted by atomic mass is 16.5. The van der Waals surface area contributed by atoms with Crippen molar-refractivity contribution >= 4 is 16.7 Å². The van der Waals surface area contributed by atoms with Gasteiger partial charge in [-0.1, -0.05) is 36.4 Å². The van der Waals surface area contributed by atoms with Gasteiger partial charge in [0.2, 0.25) is 0 Å². The molecule has 2 aliphatic rings. The molecule has 2 atom stereocenters. The SMILES string of the molecule is COc1ccc2c(c1)c(C(=O)CN1C[C@@H]3C[C@H](C1)c1cccc(=O)n1C3)c(C)n2Cc1ccccc1. The van der Waals surface area contributed by atoms with Crippen LogP contribution in [-0.4, -0.2) is 46.6 Å². The largest absolute Gasteiger partial charge is 0.497 e. The van der Waals surface area contributed by atoms with Gasteiger partial charge >= 0.3 is 0 Å². The van der Waals surface area contributed by atoms with Crippen LogP contribution in [0.15, 0.2) is 71.5 Å². The second kappa shape index (κ2) is 9.10. The smallest absolute Gasteiger partial charge is 0.250 e. The van der Waals surface area contributed by atoms with Crippen LogP contribution in [0.1, 0.15) is 39.6 Å². The predicted octanol–water partition coefficient (Wildman–Crippen LogP) is 4.47. The van der Waals surface area contributed by atoms with Gasteiger partial charge in [0.05, 0.1) is 13.7 Å². The molecule has 6 heteroatoms. The fourth-order valence-electron chi connectivity index (χ4n) is 6.32. The minimum absolute atomic E-state index is 0.0857. The Morgan fingerprint density at radius 3 is 2.64 bits per heavy atom. The van der Waals surface area contributed by atoms with Crippen molar-refractivity contribution in [3.63, 3.8) is 0 Å². The van der Waals surface area contributed by atoms with E-state index in [2.05, 4.69) is 40.7 Å². The lowest BCUT2D eigenvalue weighted by atomic mass is 9.83. The standard InChI is InChI=1S/C30H31N3O3/c1-20-30(25-14-24(36-2)11-12-27(25)32(20)16-21-7-4-3-5-8-21)28(34)19-31-15-22-13-23(18-31)26-9-6-10-29(35)33(26)17-22/h3-12,14,22-23H,13,15-19H2,1-2H3/t22-,23+/m0/s1. The molecule has 36 heavy (non-hydrogen) atoms. The number of carbonyl (C=O) groups excluding carboxylic acids is 1. The van der Waals surface area contributed by atoms with Gasteiger partial charge in [-0.3, -0.25) is 14.5 Å². The van der Waals surface area contributed by atoms with Gasteiger partial charge in [0, 0.05) is 66.0 Å².